The number of amides is 1. The molecule has 5 rings (SSSR count). The SMILES string of the molecule is O=C(c1cccc(-n2cnnc2)n1)N1CCCCN2CCCCC2CCc2cccc(c2)OCC1. The Hall–Kier alpha value is -3.26. The van der Waals surface area contributed by atoms with E-state index in [-0.39, 0.29) is 5.91 Å². The van der Waals surface area contributed by atoms with E-state index in [4.69, 9.17) is 4.74 Å². The lowest BCUT2D eigenvalue weighted by Crippen LogP contribution is -2.41. The normalized spacial score (nSPS) is 20.2. The summed E-state index contributed by atoms with van der Waals surface area (Å²) in [4.78, 5) is 22.6. The lowest BCUT2D eigenvalue weighted by Gasteiger charge is -2.36. The third-order valence-corrected chi connectivity index (χ3v) is 7.09. The van der Waals surface area contributed by atoms with Crippen molar-refractivity contribution in [3.63, 3.8) is 0 Å². The molecule has 0 saturated carbocycles. The monoisotopic (exact) mass is 474 g/mol. The highest BCUT2D eigenvalue weighted by Gasteiger charge is 2.23. The van der Waals surface area contributed by atoms with Crippen LogP contribution in [0.5, 0.6) is 5.75 Å². The minimum Gasteiger partial charge on any atom is -0.492 e. The van der Waals surface area contributed by atoms with Gasteiger partial charge in [-0.05, 0) is 81.4 Å². The highest BCUT2D eigenvalue weighted by molar-refractivity contribution is 5.92. The molecule has 1 unspecified atom stereocenters. The molecule has 2 aliphatic rings. The fourth-order valence-electron chi connectivity index (χ4n) is 5.18. The number of aromatic nitrogens is 4. The fourth-order valence-corrected chi connectivity index (χ4v) is 5.18. The Bertz CT molecular complexity index is 1100. The molecule has 2 aromatic heterocycles. The number of fused-ring (bicyclic) bond motifs is 3. The molecular weight excluding hydrogens is 440 g/mol. The summed E-state index contributed by atoms with van der Waals surface area (Å²) in [6.07, 6.45) is 11.4. The van der Waals surface area contributed by atoms with Gasteiger partial charge in [-0.1, -0.05) is 24.6 Å². The summed E-state index contributed by atoms with van der Waals surface area (Å²) in [6.45, 7) is 3.96. The molecule has 2 aliphatic heterocycles. The Morgan fingerprint density at radius 2 is 1.69 bits per heavy atom. The van der Waals surface area contributed by atoms with E-state index in [9.17, 15) is 4.79 Å². The zero-order valence-electron chi connectivity index (χ0n) is 20.3. The first-order valence-electron chi connectivity index (χ1n) is 12.8. The van der Waals surface area contributed by atoms with Crippen LogP contribution < -0.4 is 4.74 Å². The van der Waals surface area contributed by atoms with Gasteiger partial charge in [0.05, 0.1) is 6.54 Å². The molecule has 3 aromatic rings. The van der Waals surface area contributed by atoms with Gasteiger partial charge in [0.15, 0.2) is 0 Å². The van der Waals surface area contributed by atoms with Crippen LogP contribution in [0.2, 0.25) is 0 Å². The molecule has 1 aromatic carbocycles. The van der Waals surface area contributed by atoms with Crippen LogP contribution >= 0.6 is 0 Å². The van der Waals surface area contributed by atoms with Crippen molar-refractivity contribution in [3.8, 4) is 11.6 Å². The Morgan fingerprint density at radius 3 is 2.57 bits per heavy atom. The van der Waals surface area contributed by atoms with Gasteiger partial charge >= 0.3 is 0 Å². The van der Waals surface area contributed by atoms with Gasteiger partial charge in [0, 0.05) is 12.6 Å². The van der Waals surface area contributed by atoms with Gasteiger partial charge in [0.25, 0.3) is 5.91 Å². The van der Waals surface area contributed by atoms with Crippen molar-refractivity contribution in [2.45, 2.75) is 51.0 Å². The number of carbonyl (C=O) groups excluding carboxylic acids is 1. The van der Waals surface area contributed by atoms with Crippen molar-refractivity contribution in [3.05, 3.63) is 66.4 Å². The number of nitrogens with zero attached hydrogens (tertiary/aromatic N) is 6. The Kier molecular flexibility index (Phi) is 7.68. The van der Waals surface area contributed by atoms with Crippen LogP contribution in [-0.4, -0.2) is 74.3 Å². The third-order valence-electron chi connectivity index (χ3n) is 7.09. The second-order valence-electron chi connectivity index (χ2n) is 9.47. The number of aryl methyl sites for hydroxylation is 1. The van der Waals surface area contributed by atoms with Crippen molar-refractivity contribution >= 4 is 5.91 Å². The van der Waals surface area contributed by atoms with Crippen LogP contribution in [0.3, 0.4) is 0 Å². The first-order chi connectivity index (χ1) is 17.3. The average molecular weight is 475 g/mol. The van der Waals surface area contributed by atoms with E-state index < -0.39 is 0 Å². The smallest absolute Gasteiger partial charge is 0.272 e. The minimum absolute atomic E-state index is 0.0718. The van der Waals surface area contributed by atoms with Crippen LogP contribution in [0.15, 0.2) is 55.1 Å². The molecule has 0 aliphatic carbocycles. The quantitative estimate of drug-likeness (QED) is 0.563. The Balaban J connectivity index is 1.32. The number of piperidine rings is 1. The van der Waals surface area contributed by atoms with E-state index in [1.165, 1.54) is 37.8 Å². The maximum atomic E-state index is 13.5. The Labute approximate surface area is 206 Å². The van der Waals surface area contributed by atoms with Gasteiger partial charge < -0.3 is 14.5 Å². The summed E-state index contributed by atoms with van der Waals surface area (Å²) < 4.78 is 7.78. The zero-order chi connectivity index (χ0) is 23.9. The molecule has 8 nitrogen and oxygen atoms in total. The van der Waals surface area contributed by atoms with Crippen molar-refractivity contribution in [2.75, 3.05) is 32.8 Å². The lowest BCUT2D eigenvalue weighted by atomic mass is 9.95. The van der Waals surface area contributed by atoms with Crippen molar-refractivity contribution in [2.24, 2.45) is 0 Å². The summed E-state index contributed by atoms with van der Waals surface area (Å²) in [5, 5.41) is 7.68. The molecule has 0 N–H and O–H groups in total. The van der Waals surface area contributed by atoms with Crippen molar-refractivity contribution < 1.29 is 9.53 Å². The minimum atomic E-state index is -0.0718. The van der Waals surface area contributed by atoms with E-state index in [0.717, 1.165) is 31.6 Å². The number of carbonyl (C=O) groups is 1. The molecule has 184 valence electrons. The standard InChI is InChI=1S/C27H34N6O2/c34-27(25-10-6-11-26(30-25)33-20-28-29-21-33)32-16-4-3-15-31-14-2-1-8-23(31)13-12-22-7-5-9-24(19-22)35-18-17-32/h5-7,9-11,19-21,23H,1-4,8,12-18H2. The zero-order valence-corrected chi connectivity index (χ0v) is 20.3. The summed E-state index contributed by atoms with van der Waals surface area (Å²) >= 11 is 0. The van der Waals surface area contributed by atoms with E-state index in [1.807, 2.05) is 23.1 Å². The Morgan fingerprint density at radius 1 is 0.886 bits per heavy atom. The largest absolute Gasteiger partial charge is 0.492 e. The van der Waals surface area contributed by atoms with E-state index >= 15 is 0 Å². The molecule has 4 heterocycles. The summed E-state index contributed by atoms with van der Waals surface area (Å²) in [5.74, 6) is 1.43. The predicted octanol–water partition coefficient (Wildman–Crippen LogP) is 3.76. The number of rotatable bonds is 2. The first kappa shape index (κ1) is 23.5. The van der Waals surface area contributed by atoms with Crippen molar-refractivity contribution in [1.29, 1.82) is 0 Å². The molecule has 0 radical (unpaired) electrons. The van der Waals surface area contributed by atoms with Crippen LogP contribution in [0.25, 0.3) is 5.82 Å². The molecule has 0 spiro atoms. The van der Waals surface area contributed by atoms with Crippen LogP contribution in [-0.2, 0) is 6.42 Å². The first-order valence-corrected chi connectivity index (χ1v) is 12.8. The molecule has 1 saturated heterocycles. The molecule has 1 amide bonds. The second kappa shape index (κ2) is 11.4. The molecular formula is C27H34N6O2. The summed E-state index contributed by atoms with van der Waals surface area (Å²) in [7, 11) is 0. The molecule has 35 heavy (non-hydrogen) atoms. The van der Waals surface area contributed by atoms with Gasteiger partial charge in [0.1, 0.15) is 36.5 Å². The topological polar surface area (TPSA) is 76.4 Å². The van der Waals surface area contributed by atoms with Gasteiger partial charge in [-0.2, -0.15) is 0 Å². The summed E-state index contributed by atoms with van der Waals surface area (Å²) in [5.41, 5.74) is 1.75. The molecule has 8 heteroatoms. The maximum Gasteiger partial charge on any atom is 0.272 e. The lowest BCUT2D eigenvalue weighted by molar-refractivity contribution is 0.0716. The average Bonchev–Trinajstić information content (AvgIpc) is 3.44. The van der Waals surface area contributed by atoms with E-state index in [2.05, 4.69) is 38.3 Å². The molecule has 1 atom stereocenters. The summed E-state index contributed by atoms with van der Waals surface area (Å²) in [6, 6.07) is 14.6. The predicted molar refractivity (Wildman–Crippen MR) is 134 cm³/mol. The van der Waals surface area contributed by atoms with Crippen molar-refractivity contribution in [1.82, 2.24) is 29.5 Å². The van der Waals surface area contributed by atoms with Crippen LogP contribution in [0.4, 0.5) is 0 Å². The van der Waals surface area contributed by atoms with Gasteiger partial charge in [-0.15, -0.1) is 10.2 Å². The van der Waals surface area contributed by atoms with Gasteiger partial charge in [0.2, 0.25) is 0 Å². The second-order valence-corrected chi connectivity index (χ2v) is 9.47. The van der Waals surface area contributed by atoms with E-state index in [1.54, 1.807) is 23.3 Å². The van der Waals surface area contributed by atoms with Crippen LogP contribution in [0.1, 0.15) is 54.6 Å². The van der Waals surface area contributed by atoms with Gasteiger partial charge in [-0.25, -0.2) is 4.98 Å². The number of pyridine rings is 1. The van der Waals surface area contributed by atoms with Gasteiger partial charge in [-0.3, -0.25) is 9.36 Å². The van der Waals surface area contributed by atoms with E-state index in [0.29, 0.717) is 37.3 Å². The fraction of sp³-hybridized carbons (Fsp3) is 0.481. The highest BCUT2D eigenvalue weighted by atomic mass is 16.5. The number of hydrogen-bond donors (Lipinski definition) is 0. The third kappa shape index (κ3) is 6.06. The molecule has 2 bridgehead atoms. The van der Waals surface area contributed by atoms with Crippen LogP contribution in [0, 0.1) is 0 Å². The number of ether oxygens (including phenoxy) is 1. The maximum absolute atomic E-state index is 13.5. The molecule has 1 fully saturated rings. The highest BCUT2D eigenvalue weighted by Crippen LogP contribution is 2.23. The number of benzene rings is 1. The number of hydrogen-bond acceptors (Lipinski definition) is 6.